The van der Waals surface area contributed by atoms with Crippen LogP contribution in [0.2, 0.25) is 0 Å². The third kappa shape index (κ3) is 2.90. The molecule has 0 saturated heterocycles. The number of nitrogens with zero attached hydrogens (tertiary/aromatic N) is 4. The lowest BCUT2D eigenvalue weighted by atomic mass is 10.2. The number of aromatic nitrogens is 2. The van der Waals surface area contributed by atoms with Gasteiger partial charge in [0.1, 0.15) is 5.69 Å². The van der Waals surface area contributed by atoms with Crippen LogP contribution < -0.4 is 16.2 Å². The first-order valence-corrected chi connectivity index (χ1v) is 6.40. The molecule has 2 aromatic rings. The van der Waals surface area contributed by atoms with Crippen LogP contribution in [0.5, 0.6) is 0 Å². The minimum atomic E-state index is -0.476. The Morgan fingerprint density at radius 1 is 1.33 bits per heavy atom. The van der Waals surface area contributed by atoms with E-state index in [1.165, 1.54) is 0 Å². The summed E-state index contributed by atoms with van der Waals surface area (Å²) in [6.45, 7) is 3.97. The third-order valence-corrected chi connectivity index (χ3v) is 2.99. The highest BCUT2D eigenvalue weighted by atomic mass is 16.6. The number of rotatable bonds is 5. The second-order valence-corrected chi connectivity index (χ2v) is 4.29. The number of benzene rings is 1. The molecular weight excluding hydrogens is 272 g/mol. The van der Waals surface area contributed by atoms with Gasteiger partial charge in [0.15, 0.2) is 0 Å². The Bertz CT molecular complexity index is 647. The standard InChI is InChI=1S/C13H16N6O2/c1-3-18(10-7-5-4-6-8-10)12-11(19(20)21)9(2)15-13(16-12)17-14/h4-8H,3,14H2,1-2H3,(H,15,16,17). The molecule has 3 N–H and O–H groups in total. The summed E-state index contributed by atoms with van der Waals surface area (Å²) in [7, 11) is 0. The van der Waals surface area contributed by atoms with Crippen molar-refractivity contribution < 1.29 is 4.92 Å². The maximum atomic E-state index is 11.3. The Morgan fingerprint density at radius 2 is 2.00 bits per heavy atom. The maximum Gasteiger partial charge on any atom is 0.333 e. The molecule has 1 heterocycles. The summed E-state index contributed by atoms with van der Waals surface area (Å²) in [6, 6.07) is 9.32. The highest BCUT2D eigenvalue weighted by molar-refractivity contribution is 5.70. The van der Waals surface area contributed by atoms with Gasteiger partial charge in [-0.1, -0.05) is 18.2 Å². The van der Waals surface area contributed by atoms with Gasteiger partial charge in [-0.05, 0) is 26.0 Å². The molecule has 8 heteroatoms. The number of nitrogens with one attached hydrogen (secondary N) is 1. The van der Waals surface area contributed by atoms with Crippen LogP contribution in [0.3, 0.4) is 0 Å². The van der Waals surface area contributed by atoms with Crippen LogP contribution in [-0.4, -0.2) is 21.4 Å². The van der Waals surface area contributed by atoms with Crippen molar-refractivity contribution in [2.75, 3.05) is 16.9 Å². The Morgan fingerprint density at radius 3 is 2.52 bits per heavy atom. The lowest BCUT2D eigenvalue weighted by Crippen LogP contribution is -2.21. The number of hydrogen-bond acceptors (Lipinski definition) is 7. The van der Waals surface area contributed by atoms with E-state index in [1.807, 2.05) is 37.3 Å². The fourth-order valence-electron chi connectivity index (χ4n) is 2.08. The molecule has 1 aromatic carbocycles. The molecule has 21 heavy (non-hydrogen) atoms. The predicted molar refractivity (Wildman–Crippen MR) is 80.4 cm³/mol. The number of nitrogen functional groups attached to an aromatic ring is 1. The zero-order valence-electron chi connectivity index (χ0n) is 11.8. The fourth-order valence-corrected chi connectivity index (χ4v) is 2.08. The van der Waals surface area contributed by atoms with Crippen molar-refractivity contribution >= 4 is 23.1 Å². The van der Waals surface area contributed by atoms with Gasteiger partial charge in [-0.2, -0.15) is 4.98 Å². The largest absolute Gasteiger partial charge is 0.333 e. The molecule has 0 amide bonds. The van der Waals surface area contributed by atoms with Crippen molar-refractivity contribution in [2.45, 2.75) is 13.8 Å². The number of nitro groups is 1. The number of para-hydroxylation sites is 1. The normalized spacial score (nSPS) is 10.2. The van der Waals surface area contributed by atoms with Gasteiger partial charge in [0.05, 0.1) is 4.92 Å². The molecule has 0 spiro atoms. The van der Waals surface area contributed by atoms with Crippen molar-refractivity contribution in [3.63, 3.8) is 0 Å². The summed E-state index contributed by atoms with van der Waals surface area (Å²) < 4.78 is 0. The lowest BCUT2D eigenvalue weighted by Gasteiger charge is -2.22. The Labute approximate surface area is 121 Å². The average Bonchev–Trinajstić information content (AvgIpc) is 2.48. The van der Waals surface area contributed by atoms with E-state index >= 15 is 0 Å². The van der Waals surface area contributed by atoms with Crippen LogP contribution >= 0.6 is 0 Å². The molecule has 8 nitrogen and oxygen atoms in total. The number of hydrogen-bond donors (Lipinski definition) is 2. The number of nitrogens with two attached hydrogens (primary N) is 1. The van der Waals surface area contributed by atoms with Gasteiger partial charge in [0.25, 0.3) is 0 Å². The SMILES string of the molecule is CCN(c1ccccc1)c1nc(NN)nc(C)c1[N+](=O)[O-]. The van der Waals surface area contributed by atoms with Gasteiger partial charge in [-0.15, -0.1) is 0 Å². The molecule has 0 aliphatic rings. The number of hydrazine groups is 1. The highest BCUT2D eigenvalue weighted by Crippen LogP contribution is 2.34. The first-order chi connectivity index (χ1) is 10.1. The van der Waals surface area contributed by atoms with Gasteiger partial charge in [0.2, 0.25) is 11.8 Å². The van der Waals surface area contributed by atoms with Crippen LogP contribution in [0.1, 0.15) is 12.6 Å². The number of aryl methyl sites for hydroxylation is 1. The van der Waals surface area contributed by atoms with E-state index in [0.29, 0.717) is 6.54 Å². The predicted octanol–water partition coefficient (Wildman–Crippen LogP) is 2.14. The molecule has 0 unspecified atom stereocenters. The quantitative estimate of drug-likeness (QED) is 0.492. The highest BCUT2D eigenvalue weighted by Gasteiger charge is 2.26. The minimum absolute atomic E-state index is 0.125. The summed E-state index contributed by atoms with van der Waals surface area (Å²) in [5, 5.41) is 11.3. The van der Waals surface area contributed by atoms with Crippen LogP contribution in [0, 0.1) is 17.0 Å². The van der Waals surface area contributed by atoms with Crippen molar-refractivity contribution in [3.05, 3.63) is 46.1 Å². The summed E-state index contributed by atoms with van der Waals surface area (Å²) in [5.74, 6) is 5.69. The smallest absolute Gasteiger partial charge is 0.321 e. The zero-order valence-corrected chi connectivity index (χ0v) is 11.8. The lowest BCUT2D eigenvalue weighted by molar-refractivity contribution is -0.385. The second kappa shape index (κ2) is 6.14. The average molecular weight is 288 g/mol. The monoisotopic (exact) mass is 288 g/mol. The van der Waals surface area contributed by atoms with Gasteiger partial charge >= 0.3 is 5.69 Å². The fraction of sp³-hybridized carbons (Fsp3) is 0.231. The van der Waals surface area contributed by atoms with Crippen molar-refractivity contribution in [3.8, 4) is 0 Å². The van der Waals surface area contributed by atoms with Crippen molar-refractivity contribution in [1.82, 2.24) is 9.97 Å². The molecule has 0 bridgehead atoms. The molecule has 110 valence electrons. The molecule has 0 fully saturated rings. The van der Waals surface area contributed by atoms with E-state index in [2.05, 4.69) is 15.4 Å². The van der Waals surface area contributed by atoms with E-state index in [1.54, 1.807) is 11.8 Å². The van der Waals surface area contributed by atoms with Crippen LogP contribution in [-0.2, 0) is 0 Å². The van der Waals surface area contributed by atoms with Gasteiger partial charge in [-0.25, -0.2) is 10.8 Å². The zero-order chi connectivity index (χ0) is 15.4. The molecule has 0 saturated carbocycles. The minimum Gasteiger partial charge on any atom is -0.321 e. The number of anilines is 3. The van der Waals surface area contributed by atoms with Crippen molar-refractivity contribution in [2.24, 2.45) is 5.84 Å². The maximum absolute atomic E-state index is 11.3. The molecule has 0 radical (unpaired) electrons. The van der Waals surface area contributed by atoms with Gasteiger partial charge < -0.3 is 4.90 Å². The molecule has 1 aromatic heterocycles. The van der Waals surface area contributed by atoms with E-state index in [4.69, 9.17) is 5.84 Å². The van der Waals surface area contributed by atoms with Gasteiger partial charge in [-0.3, -0.25) is 15.5 Å². The Kier molecular flexibility index (Phi) is 4.29. The summed E-state index contributed by atoms with van der Waals surface area (Å²) >= 11 is 0. The molecular formula is C13H16N6O2. The van der Waals surface area contributed by atoms with Crippen LogP contribution in [0.15, 0.2) is 30.3 Å². The molecule has 0 atom stereocenters. The summed E-state index contributed by atoms with van der Waals surface area (Å²) in [6.07, 6.45) is 0. The molecule has 2 rings (SSSR count). The van der Waals surface area contributed by atoms with Crippen LogP contribution in [0.4, 0.5) is 23.1 Å². The van der Waals surface area contributed by atoms with Crippen molar-refractivity contribution in [1.29, 1.82) is 0 Å². The molecule has 0 aliphatic carbocycles. The Hall–Kier alpha value is -2.74. The second-order valence-electron chi connectivity index (χ2n) is 4.29. The first-order valence-electron chi connectivity index (χ1n) is 6.40. The third-order valence-electron chi connectivity index (χ3n) is 2.99. The molecule has 0 aliphatic heterocycles. The van der Waals surface area contributed by atoms with E-state index in [0.717, 1.165) is 5.69 Å². The van der Waals surface area contributed by atoms with E-state index in [9.17, 15) is 10.1 Å². The van der Waals surface area contributed by atoms with E-state index < -0.39 is 4.92 Å². The van der Waals surface area contributed by atoms with Gasteiger partial charge in [0, 0.05) is 12.2 Å². The first kappa shape index (κ1) is 14.7. The van der Waals surface area contributed by atoms with E-state index in [-0.39, 0.29) is 23.1 Å². The Balaban J connectivity index is 2.64. The topological polar surface area (TPSA) is 110 Å². The summed E-state index contributed by atoms with van der Waals surface area (Å²) in [5.41, 5.74) is 3.27. The summed E-state index contributed by atoms with van der Waals surface area (Å²) in [4.78, 5) is 20.7. The van der Waals surface area contributed by atoms with Crippen LogP contribution in [0.25, 0.3) is 0 Å².